The topological polar surface area (TPSA) is 50.8 Å². The summed E-state index contributed by atoms with van der Waals surface area (Å²) in [6, 6.07) is 26.1. The van der Waals surface area contributed by atoms with Gasteiger partial charge >= 0.3 is 0 Å². The van der Waals surface area contributed by atoms with E-state index in [1.165, 1.54) is 11.1 Å². The second kappa shape index (κ2) is 7.81. The van der Waals surface area contributed by atoms with E-state index in [0.29, 0.717) is 18.0 Å². The molecule has 4 aromatic rings. The lowest BCUT2D eigenvalue weighted by Crippen LogP contribution is -2.00. The summed E-state index contributed by atoms with van der Waals surface area (Å²) in [5, 5.41) is 8.92. The number of hydrogen-bond donors (Lipinski definition) is 0. The van der Waals surface area contributed by atoms with Gasteiger partial charge in [-0.05, 0) is 53.4 Å². The number of nitriles is 1. The lowest BCUT2D eigenvalue weighted by Gasteiger charge is -2.11. The van der Waals surface area contributed by atoms with Gasteiger partial charge in [-0.1, -0.05) is 48.5 Å². The van der Waals surface area contributed by atoms with Gasteiger partial charge in [-0.15, -0.1) is 0 Å². The van der Waals surface area contributed by atoms with Gasteiger partial charge in [-0.2, -0.15) is 5.26 Å². The van der Waals surface area contributed by atoms with Crippen LogP contribution in [0, 0.1) is 18.3 Å². The number of nitrogens with zero attached hydrogens (tertiary/aromatic N) is 3. The normalized spacial score (nSPS) is 10.4. The molecule has 0 fully saturated rings. The Kier molecular flexibility index (Phi) is 4.90. The van der Waals surface area contributed by atoms with Crippen LogP contribution < -0.4 is 4.74 Å². The van der Waals surface area contributed by atoms with Crippen LogP contribution in [0.1, 0.15) is 16.7 Å². The highest BCUT2D eigenvalue weighted by atomic mass is 16.5. The zero-order chi connectivity index (χ0) is 19.3. The van der Waals surface area contributed by atoms with Gasteiger partial charge in [-0.25, -0.2) is 4.98 Å². The Morgan fingerprint density at radius 2 is 1.71 bits per heavy atom. The maximum Gasteiger partial charge on any atom is 0.219 e. The monoisotopic (exact) mass is 365 g/mol. The predicted molar refractivity (Wildman–Crippen MR) is 109 cm³/mol. The van der Waals surface area contributed by atoms with Crippen LogP contribution in [0.4, 0.5) is 0 Å². The molecule has 0 bridgehead atoms. The summed E-state index contributed by atoms with van der Waals surface area (Å²) in [6.45, 7) is 2.74. The van der Waals surface area contributed by atoms with Crippen molar-refractivity contribution in [2.24, 2.45) is 0 Å². The molecule has 0 aliphatic heterocycles. The third-order valence-corrected chi connectivity index (χ3v) is 4.64. The van der Waals surface area contributed by atoms with Crippen molar-refractivity contribution in [3.8, 4) is 28.8 Å². The van der Waals surface area contributed by atoms with Crippen LogP contribution in [0.5, 0.6) is 11.6 Å². The summed E-state index contributed by atoms with van der Waals surface area (Å²) in [4.78, 5) is 4.21. The second-order valence-electron chi connectivity index (χ2n) is 6.61. The molecule has 0 saturated carbocycles. The average Bonchev–Trinajstić information content (AvgIpc) is 3.16. The summed E-state index contributed by atoms with van der Waals surface area (Å²) < 4.78 is 7.98. The molecule has 4 heteroatoms. The summed E-state index contributed by atoms with van der Waals surface area (Å²) in [5.41, 5.74) is 5.37. The van der Waals surface area contributed by atoms with Crippen LogP contribution in [-0.2, 0) is 6.54 Å². The Hall–Kier alpha value is -3.84. The van der Waals surface area contributed by atoms with Crippen LogP contribution >= 0.6 is 0 Å². The summed E-state index contributed by atoms with van der Waals surface area (Å²) in [5.74, 6) is 1.44. The van der Waals surface area contributed by atoms with E-state index in [2.05, 4.69) is 48.3 Å². The first-order valence-electron chi connectivity index (χ1n) is 9.06. The third-order valence-electron chi connectivity index (χ3n) is 4.64. The molecule has 0 aliphatic carbocycles. The Balaban J connectivity index is 1.50. The van der Waals surface area contributed by atoms with Crippen molar-refractivity contribution in [1.82, 2.24) is 9.55 Å². The van der Waals surface area contributed by atoms with Crippen LogP contribution in [0.15, 0.2) is 85.3 Å². The largest absolute Gasteiger partial charge is 0.439 e. The van der Waals surface area contributed by atoms with E-state index in [0.717, 1.165) is 16.9 Å². The molecule has 0 N–H and O–H groups in total. The van der Waals surface area contributed by atoms with Crippen molar-refractivity contribution >= 4 is 0 Å². The molecule has 0 atom stereocenters. The molecule has 28 heavy (non-hydrogen) atoms. The van der Waals surface area contributed by atoms with Crippen molar-refractivity contribution in [1.29, 1.82) is 5.26 Å². The number of ether oxygens (including phenoxy) is 1. The van der Waals surface area contributed by atoms with Crippen molar-refractivity contribution in [3.05, 3.63) is 102 Å². The molecule has 136 valence electrons. The average molecular weight is 365 g/mol. The highest BCUT2D eigenvalue weighted by molar-refractivity contribution is 5.67. The van der Waals surface area contributed by atoms with Gasteiger partial charge in [0.25, 0.3) is 0 Å². The van der Waals surface area contributed by atoms with Crippen LogP contribution in [0.2, 0.25) is 0 Å². The molecule has 0 unspecified atom stereocenters. The van der Waals surface area contributed by atoms with Gasteiger partial charge in [0.05, 0.1) is 30.7 Å². The highest BCUT2D eigenvalue weighted by Gasteiger charge is 2.07. The summed E-state index contributed by atoms with van der Waals surface area (Å²) >= 11 is 0. The van der Waals surface area contributed by atoms with E-state index in [1.807, 2.05) is 47.0 Å². The molecule has 0 aliphatic rings. The smallest absolute Gasteiger partial charge is 0.219 e. The number of imidazole rings is 1. The van der Waals surface area contributed by atoms with Crippen molar-refractivity contribution in [3.63, 3.8) is 0 Å². The summed E-state index contributed by atoms with van der Waals surface area (Å²) in [7, 11) is 0. The molecule has 0 saturated heterocycles. The lowest BCUT2D eigenvalue weighted by atomic mass is 10.0. The van der Waals surface area contributed by atoms with E-state index in [4.69, 9.17) is 10.00 Å². The minimum Gasteiger partial charge on any atom is -0.439 e. The number of aryl methyl sites for hydroxylation is 1. The Labute approximate surface area is 164 Å². The molecule has 1 aromatic heterocycles. The van der Waals surface area contributed by atoms with Crippen molar-refractivity contribution in [2.75, 3.05) is 0 Å². The first-order chi connectivity index (χ1) is 13.7. The quantitative estimate of drug-likeness (QED) is 0.464. The molecule has 0 amide bonds. The van der Waals surface area contributed by atoms with Gasteiger partial charge < -0.3 is 4.74 Å². The molecule has 1 heterocycles. The maximum absolute atomic E-state index is 8.92. The SMILES string of the molecule is Cc1ccccc1-c1ccc(Oc2cncn2Cc2ccc(C#N)cc2)cc1. The Morgan fingerprint density at radius 3 is 2.43 bits per heavy atom. The van der Waals surface area contributed by atoms with E-state index < -0.39 is 0 Å². The Bertz CT molecular complexity index is 1120. The zero-order valence-electron chi connectivity index (χ0n) is 15.5. The highest BCUT2D eigenvalue weighted by Crippen LogP contribution is 2.27. The number of rotatable bonds is 5. The van der Waals surface area contributed by atoms with Crippen LogP contribution in [-0.4, -0.2) is 9.55 Å². The minimum atomic E-state index is 0.627. The van der Waals surface area contributed by atoms with E-state index in [-0.39, 0.29) is 0 Å². The molecule has 0 radical (unpaired) electrons. The first kappa shape index (κ1) is 17.6. The fourth-order valence-electron chi connectivity index (χ4n) is 3.11. The maximum atomic E-state index is 8.92. The van der Waals surface area contributed by atoms with Gasteiger partial charge in [0.2, 0.25) is 5.88 Å². The fourth-order valence-corrected chi connectivity index (χ4v) is 3.11. The van der Waals surface area contributed by atoms with Crippen LogP contribution in [0.25, 0.3) is 11.1 Å². The summed E-state index contributed by atoms with van der Waals surface area (Å²) in [6.07, 6.45) is 3.45. The molecular weight excluding hydrogens is 346 g/mol. The van der Waals surface area contributed by atoms with Crippen LogP contribution in [0.3, 0.4) is 0 Å². The van der Waals surface area contributed by atoms with E-state index in [9.17, 15) is 0 Å². The van der Waals surface area contributed by atoms with E-state index in [1.54, 1.807) is 12.5 Å². The zero-order valence-corrected chi connectivity index (χ0v) is 15.5. The predicted octanol–water partition coefficient (Wildman–Crippen LogP) is 5.57. The van der Waals surface area contributed by atoms with Gasteiger partial charge in [-0.3, -0.25) is 4.57 Å². The van der Waals surface area contributed by atoms with E-state index >= 15 is 0 Å². The standard InChI is InChI=1S/C24H19N3O/c1-18-4-2-3-5-23(18)21-10-12-22(13-11-21)28-24-15-26-17-27(24)16-20-8-6-19(14-25)7-9-20/h2-13,15,17H,16H2,1H3. The molecular formula is C24H19N3O. The lowest BCUT2D eigenvalue weighted by molar-refractivity contribution is 0.436. The number of benzene rings is 3. The van der Waals surface area contributed by atoms with Gasteiger partial charge in [0.15, 0.2) is 0 Å². The first-order valence-corrected chi connectivity index (χ1v) is 9.06. The molecule has 4 nitrogen and oxygen atoms in total. The van der Waals surface area contributed by atoms with Gasteiger partial charge in [0.1, 0.15) is 5.75 Å². The molecule has 4 rings (SSSR count). The van der Waals surface area contributed by atoms with Crippen molar-refractivity contribution in [2.45, 2.75) is 13.5 Å². The Morgan fingerprint density at radius 1 is 0.964 bits per heavy atom. The fraction of sp³-hybridized carbons (Fsp3) is 0.0833. The second-order valence-corrected chi connectivity index (χ2v) is 6.61. The molecule has 3 aromatic carbocycles. The number of aromatic nitrogens is 2. The van der Waals surface area contributed by atoms with Crippen molar-refractivity contribution < 1.29 is 4.74 Å². The minimum absolute atomic E-state index is 0.627. The molecule has 0 spiro atoms. The van der Waals surface area contributed by atoms with Gasteiger partial charge in [0, 0.05) is 0 Å². The number of hydrogen-bond acceptors (Lipinski definition) is 3. The third kappa shape index (κ3) is 3.79.